The summed E-state index contributed by atoms with van der Waals surface area (Å²) in [6, 6.07) is 0. The molecule has 0 saturated carbocycles. The highest BCUT2D eigenvalue weighted by atomic mass is 16.5. The molecule has 2 heterocycles. The molecule has 0 aliphatic rings. The minimum atomic E-state index is 0.344. The number of nitrogens with one attached hydrogen (secondary N) is 1. The molecular formula is C6H7N5O. The normalized spacial score (nSPS) is 10.5. The van der Waals surface area contributed by atoms with Crippen molar-refractivity contribution in [2.45, 2.75) is 13.8 Å². The second-order valence-corrected chi connectivity index (χ2v) is 2.39. The van der Waals surface area contributed by atoms with E-state index in [-0.39, 0.29) is 0 Å². The summed E-state index contributed by atoms with van der Waals surface area (Å²) in [6.07, 6.45) is 0. The van der Waals surface area contributed by atoms with E-state index in [2.05, 4.69) is 25.3 Å². The fourth-order valence-electron chi connectivity index (χ4n) is 0.826. The molecule has 0 saturated heterocycles. The molecule has 62 valence electrons. The van der Waals surface area contributed by atoms with E-state index in [0.29, 0.717) is 17.5 Å². The summed E-state index contributed by atoms with van der Waals surface area (Å²) in [5.74, 6) is 2.08. The molecule has 0 bridgehead atoms. The van der Waals surface area contributed by atoms with Gasteiger partial charge in [0.1, 0.15) is 5.82 Å². The Morgan fingerprint density at radius 3 is 2.58 bits per heavy atom. The zero-order valence-corrected chi connectivity index (χ0v) is 6.70. The Balaban J connectivity index is 2.43. The third kappa shape index (κ3) is 1.07. The van der Waals surface area contributed by atoms with Gasteiger partial charge in [0.25, 0.3) is 5.89 Å². The van der Waals surface area contributed by atoms with E-state index < -0.39 is 0 Å². The molecule has 6 nitrogen and oxygen atoms in total. The average Bonchev–Trinajstić information content (AvgIpc) is 2.58. The third-order valence-corrected chi connectivity index (χ3v) is 1.32. The van der Waals surface area contributed by atoms with Crippen molar-refractivity contribution in [3.63, 3.8) is 0 Å². The van der Waals surface area contributed by atoms with Gasteiger partial charge in [-0.2, -0.15) is 4.98 Å². The highest BCUT2D eigenvalue weighted by molar-refractivity contribution is 5.38. The van der Waals surface area contributed by atoms with Crippen molar-refractivity contribution < 1.29 is 4.52 Å². The van der Waals surface area contributed by atoms with Crippen molar-refractivity contribution >= 4 is 0 Å². The topological polar surface area (TPSA) is 80.5 Å². The lowest BCUT2D eigenvalue weighted by Crippen LogP contribution is -1.80. The quantitative estimate of drug-likeness (QED) is 0.664. The molecule has 2 aromatic rings. The smallest absolute Gasteiger partial charge is 0.297 e. The summed E-state index contributed by atoms with van der Waals surface area (Å²) in [4.78, 5) is 8.00. The largest absolute Gasteiger partial charge is 0.330 e. The maximum absolute atomic E-state index is 4.86. The van der Waals surface area contributed by atoms with E-state index in [9.17, 15) is 0 Å². The first kappa shape index (κ1) is 6.96. The van der Waals surface area contributed by atoms with E-state index in [1.54, 1.807) is 13.8 Å². The number of nitrogens with zero attached hydrogens (tertiary/aromatic N) is 4. The molecule has 2 rings (SSSR count). The number of aromatic nitrogens is 5. The molecule has 0 aliphatic carbocycles. The second-order valence-electron chi connectivity index (χ2n) is 2.39. The Labute approximate surface area is 68.0 Å². The van der Waals surface area contributed by atoms with Gasteiger partial charge in [0.2, 0.25) is 5.82 Å². The Kier molecular flexibility index (Phi) is 1.39. The Morgan fingerprint density at radius 2 is 2.08 bits per heavy atom. The van der Waals surface area contributed by atoms with Crippen LogP contribution in [0.4, 0.5) is 0 Å². The van der Waals surface area contributed by atoms with Crippen LogP contribution in [0.15, 0.2) is 4.52 Å². The van der Waals surface area contributed by atoms with Gasteiger partial charge in [-0.05, 0) is 13.8 Å². The van der Waals surface area contributed by atoms with Crippen LogP contribution in [-0.2, 0) is 0 Å². The number of rotatable bonds is 1. The van der Waals surface area contributed by atoms with Crippen molar-refractivity contribution in [2.75, 3.05) is 0 Å². The molecule has 0 amide bonds. The first-order chi connectivity index (χ1) is 5.75. The summed E-state index contributed by atoms with van der Waals surface area (Å²) in [5.41, 5.74) is 0. The van der Waals surface area contributed by atoms with Crippen LogP contribution in [0.5, 0.6) is 0 Å². The van der Waals surface area contributed by atoms with Crippen LogP contribution in [0.25, 0.3) is 11.7 Å². The SMILES string of the molecule is Cc1noc(-c2n[nH]c(C)n2)n1. The summed E-state index contributed by atoms with van der Waals surface area (Å²) in [7, 11) is 0. The molecule has 0 spiro atoms. The van der Waals surface area contributed by atoms with Gasteiger partial charge in [0.05, 0.1) is 0 Å². The number of H-pyrrole nitrogens is 1. The van der Waals surface area contributed by atoms with Crippen molar-refractivity contribution in [3.05, 3.63) is 11.6 Å². The average molecular weight is 165 g/mol. The Hall–Kier alpha value is -1.72. The summed E-state index contributed by atoms with van der Waals surface area (Å²) in [5, 5.41) is 10.2. The van der Waals surface area contributed by atoms with Gasteiger partial charge in [0, 0.05) is 0 Å². The van der Waals surface area contributed by atoms with Crippen molar-refractivity contribution in [1.29, 1.82) is 0 Å². The molecule has 1 N–H and O–H groups in total. The predicted molar refractivity (Wildman–Crippen MR) is 39.1 cm³/mol. The minimum Gasteiger partial charge on any atom is -0.330 e. The van der Waals surface area contributed by atoms with Gasteiger partial charge in [-0.15, -0.1) is 5.10 Å². The van der Waals surface area contributed by atoms with Crippen molar-refractivity contribution in [2.24, 2.45) is 0 Å². The van der Waals surface area contributed by atoms with Gasteiger partial charge in [-0.25, -0.2) is 4.98 Å². The van der Waals surface area contributed by atoms with E-state index in [1.807, 2.05) is 0 Å². The molecule has 0 aromatic carbocycles. The van der Waals surface area contributed by atoms with Crippen LogP contribution in [0.2, 0.25) is 0 Å². The molecule has 0 unspecified atom stereocenters. The number of hydrogen-bond donors (Lipinski definition) is 1. The first-order valence-electron chi connectivity index (χ1n) is 3.45. The highest BCUT2D eigenvalue weighted by Crippen LogP contribution is 2.10. The Bertz CT molecular complexity index is 352. The summed E-state index contributed by atoms with van der Waals surface area (Å²) in [6.45, 7) is 3.55. The van der Waals surface area contributed by atoms with Crippen LogP contribution in [-0.4, -0.2) is 25.3 Å². The van der Waals surface area contributed by atoms with E-state index in [0.717, 1.165) is 5.82 Å². The molecule has 2 aromatic heterocycles. The van der Waals surface area contributed by atoms with Crippen molar-refractivity contribution in [1.82, 2.24) is 25.3 Å². The zero-order chi connectivity index (χ0) is 8.55. The highest BCUT2D eigenvalue weighted by Gasteiger charge is 2.10. The maximum atomic E-state index is 4.86. The fourth-order valence-corrected chi connectivity index (χ4v) is 0.826. The van der Waals surface area contributed by atoms with E-state index in [4.69, 9.17) is 4.52 Å². The standard InChI is InChI=1S/C6H7N5O/c1-3-7-5(10-9-3)6-8-4(2)11-12-6/h1-2H3,(H,7,9,10). The van der Waals surface area contributed by atoms with Gasteiger partial charge < -0.3 is 4.52 Å². The van der Waals surface area contributed by atoms with Gasteiger partial charge in [0.15, 0.2) is 5.82 Å². The molecule has 12 heavy (non-hydrogen) atoms. The van der Waals surface area contributed by atoms with Crippen LogP contribution in [0.1, 0.15) is 11.6 Å². The first-order valence-corrected chi connectivity index (χ1v) is 3.45. The number of aromatic amines is 1. The summed E-state index contributed by atoms with van der Waals surface area (Å²) < 4.78 is 4.86. The van der Waals surface area contributed by atoms with Crippen LogP contribution in [0, 0.1) is 13.8 Å². The lowest BCUT2D eigenvalue weighted by molar-refractivity contribution is 0.423. The fraction of sp³-hybridized carbons (Fsp3) is 0.333. The lowest BCUT2D eigenvalue weighted by atomic mass is 10.6. The van der Waals surface area contributed by atoms with Gasteiger partial charge in [-0.1, -0.05) is 5.16 Å². The van der Waals surface area contributed by atoms with Gasteiger partial charge >= 0.3 is 0 Å². The second kappa shape index (κ2) is 2.40. The number of hydrogen-bond acceptors (Lipinski definition) is 5. The Morgan fingerprint density at radius 1 is 1.25 bits per heavy atom. The zero-order valence-electron chi connectivity index (χ0n) is 6.70. The molecule has 0 atom stereocenters. The van der Waals surface area contributed by atoms with Crippen LogP contribution < -0.4 is 0 Å². The number of aryl methyl sites for hydroxylation is 2. The molecule has 0 fully saturated rings. The molecule has 0 aliphatic heterocycles. The predicted octanol–water partition coefficient (Wildman–Crippen LogP) is 0.472. The van der Waals surface area contributed by atoms with Crippen LogP contribution >= 0.6 is 0 Å². The minimum absolute atomic E-state index is 0.344. The maximum Gasteiger partial charge on any atom is 0.297 e. The summed E-state index contributed by atoms with van der Waals surface area (Å²) >= 11 is 0. The molecular weight excluding hydrogens is 158 g/mol. The molecule has 0 radical (unpaired) electrons. The lowest BCUT2D eigenvalue weighted by Gasteiger charge is -1.78. The van der Waals surface area contributed by atoms with Crippen molar-refractivity contribution in [3.8, 4) is 11.7 Å². The third-order valence-electron chi connectivity index (χ3n) is 1.32. The van der Waals surface area contributed by atoms with E-state index >= 15 is 0 Å². The molecule has 6 heteroatoms. The monoisotopic (exact) mass is 165 g/mol. The van der Waals surface area contributed by atoms with Gasteiger partial charge in [-0.3, -0.25) is 5.10 Å². The van der Waals surface area contributed by atoms with Crippen LogP contribution in [0.3, 0.4) is 0 Å². The van der Waals surface area contributed by atoms with E-state index in [1.165, 1.54) is 0 Å².